The summed E-state index contributed by atoms with van der Waals surface area (Å²) >= 11 is 11.6. The summed E-state index contributed by atoms with van der Waals surface area (Å²) in [4.78, 5) is 14.8. The maximum atomic E-state index is 13.0. The fraction of sp³-hybridized carbons (Fsp3) is 0.267. The number of nitrogens with one attached hydrogen (secondary N) is 2. The molecule has 6 heteroatoms. The quantitative estimate of drug-likeness (QED) is 0.878. The zero-order valence-corrected chi connectivity index (χ0v) is 12.6. The summed E-state index contributed by atoms with van der Waals surface area (Å²) in [5.74, 6) is -0.508. The monoisotopic (exact) mass is 326 g/mol. The van der Waals surface area contributed by atoms with Crippen LogP contribution in [0.3, 0.4) is 0 Å². The average molecular weight is 327 g/mol. The van der Waals surface area contributed by atoms with Crippen LogP contribution >= 0.6 is 23.2 Å². The lowest BCUT2D eigenvalue weighted by atomic mass is 9.96. The van der Waals surface area contributed by atoms with Gasteiger partial charge in [0, 0.05) is 12.0 Å². The third-order valence-electron chi connectivity index (χ3n) is 3.87. The molecule has 1 aliphatic rings. The van der Waals surface area contributed by atoms with Gasteiger partial charge in [-0.3, -0.25) is 4.79 Å². The summed E-state index contributed by atoms with van der Waals surface area (Å²) in [6.07, 6.45) is 1.95. The number of halogens is 3. The SMILES string of the molecule is O=C(NCC1(c2ccc(F)cc2)CC1)c1cc(Cl)c(Cl)[nH]1. The third-order valence-corrected chi connectivity index (χ3v) is 4.56. The van der Waals surface area contributed by atoms with E-state index in [0.29, 0.717) is 17.3 Å². The highest BCUT2D eigenvalue weighted by atomic mass is 35.5. The highest BCUT2D eigenvalue weighted by Gasteiger charge is 2.44. The molecular formula is C15H13Cl2FN2O. The van der Waals surface area contributed by atoms with Gasteiger partial charge in [-0.1, -0.05) is 35.3 Å². The number of aromatic nitrogens is 1. The molecule has 1 fully saturated rings. The first-order valence-electron chi connectivity index (χ1n) is 6.58. The Morgan fingerprint density at radius 3 is 2.48 bits per heavy atom. The summed E-state index contributed by atoms with van der Waals surface area (Å²) in [5, 5.41) is 3.45. The summed E-state index contributed by atoms with van der Waals surface area (Å²) in [6, 6.07) is 7.94. The third kappa shape index (κ3) is 2.92. The van der Waals surface area contributed by atoms with E-state index in [-0.39, 0.29) is 22.3 Å². The van der Waals surface area contributed by atoms with Crippen LogP contribution in [0, 0.1) is 5.82 Å². The summed E-state index contributed by atoms with van der Waals surface area (Å²) in [7, 11) is 0. The van der Waals surface area contributed by atoms with E-state index in [0.717, 1.165) is 18.4 Å². The summed E-state index contributed by atoms with van der Waals surface area (Å²) in [6.45, 7) is 0.506. The van der Waals surface area contributed by atoms with Crippen molar-refractivity contribution in [3.63, 3.8) is 0 Å². The van der Waals surface area contributed by atoms with E-state index in [4.69, 9.17) is 23.2 Å². The van der Waals surface area contributed by atoms with Crippen molar-refractivity contribution in [2.45, 2.75) is 18.3 Å². The van der Waals surface area contributed by atoms with Crippen molar-refractivity contribution in [1.82, 2.24) is 10.3 Å². The molecule has 21 heavy (non-hydrogen) atoms. The molecule has 0 atom stereocenters. The molecule has 1 heterocycles. The second-order valence-corrected chi connectivity index (χ2v) is 6.10. The van der Waals surface area contributed by atoms with Crippen LogP contribution in [0.4, 0.5) is 4.39 Å². The zero-order chi connectivity index (χ0) is 15.0. The number of aromatic amines is 1. The maximum absolute atomic E-state index is 13.0. The van der Waals surface area contributed by atoms with Crippen molar-refractivity contribution >= 4 is 29.1 Å². The van der Waals surface area contributed by atoms with Gasteiger partial charge in [0.2, 0.25) is 0 Å². The molecule has 110 valence electrons. The van der Waals surface area contributed by atoms with Gasteiger partial charge < -0.3 is 10.3 Å². The molecule has 0 unspecified atom stereocenters. The van der Waals surface area contributed by atoms with Gasteiger partial charge in [0.25, 0.3) is 5.91 Å². The number of carbonyl (C=O) groups is 1. The molecule has 0 radical (unpaired) electrons. The minimum Gasteiger partial charge on any atom is -0.350 e. The van der Waals surface area contributed by atoms with Gasteiger partial charge in [0.15, 0.2) is 0 Å². The van der Waals surface area contributed by atoms with Crippen molar-refractivity contribution in [3.8, 4) is 0 Å². The van der Waals surface area contributed by atoms with E-state index in [9.17, 15) is 9.18 Å². The summed E-state index contributed by atoms with van der Waals surface area (Å²) in [5.41, 5.74) is 1.30. The fourth-order valence-electron chi connectivity index (χ4n) is 2.39. The minimum atomic E-state index is -0.255. The topological polar surface area (TPSA) is 44.9 Å². The molecule has 1 aromatic carbocycles. The van der Waals surface area contributed by atoms with Gasteiger partial charge in [-0.05, 0) is 36.6 Å². The van der Waals surface area contributed by atoms with E-state index in [1.807, 2.05) is 0 Å². The molecule has 1 amide bonds. The molecule has 3 rings (SSSR count). The van der Waals surface area contributed by atoms with Crippen LogP contribution in [-0.4, -0.2) is 17.4 Å². The van der Waals surface area contributed by atoms with Crippen LogP contribution in [0.25, 0.3) is 0 Å². The highest BCUT2D eigenvalue weighted by molar-refractivity contribution is 6.41. The Morgan fingerprint density at radius 1 is 1.29 bits per heavy atom. The largest absolute Gasteiger partial charge is 0.350 e. The number of hydrogen-bond acceptors (Lipinski definition) is 1. The van der Waals surface area contributed by atoms with Gasteiger partial charge in [0.1, 0.15) is 16.7 Å². The Balaban J connectivity index is 1.67. The highest BCUT2D eigenvalue weighted by Crippen LogP contribution is 2.47. The Morgan fingerprint density at radius 2 is 1.95 bits per heavy atom. The molecule has 0 aliphatic heterocycles. The maximum Gasteiger partial charge on any atom is 0.267 e. The van der Waals surface area contributed by atoms with Crippen LogP contribution in [0.2, 0.25) is 10.2 Å². The van der Waals surface area contributed by atoms with E-state index in [1.165, 1.54) is 18.2 Å². The number of H-pyrrole nitrogens is 1. The van der Waals surface area contributed by atoms with Crippen LogP contribution in [0.5, 0.6) is 0 Å². The molecule has 1 aliphatic carbocycles. The van der Waals surface area contributed by atoms with E-state index >= 15 is 0 Å². The molecule has 1 saturated carbocycles. The Labute approximate surface area is 131 Å². The minimum absolute atomic E-state index is 0.0798. The van der Waals surface area contributed by atoms with Crippen molar-refractivity contribution in [2.75, 3.05) is 6.54 Å². The van der Waals surface area contributed by atoms with E-state index in [2.05, 4.69) is 10.3 Å². The fourth-order valence-corrected chi connectivity index (χ4v) is 2.71. The second kappa shape index (κ2) is 5.35. The number of rotatable bonds is 4. The Hall–Kier alpha value is -1.52. The van der Waals surface area contributed by atoms with Gasteiger partial charge in [-0.15, -0.1) is 0 Å². The van der Waals surface area contributed by atoms with Crippen LogP contribution in [0.1, 0.15) is 28.9 Å². The number of hydrogen-bond donors (Lipinski definition) is 2. The van der Waals surface area contributed by atoms with Crippen molar-refractivity contribution in [1.29, 1.82) is 0 Å². The van der Waals surface area contributed by atoms with Crippen molar-refractivity contribution in [3.05, 3.63) is 57.6 Å². The standard InChI is InChI=1S/C15H13Cl2FN2O/c16-11-7-12(20-13(11)17)14(21)19-8-15(5-6-15)9-1-3-10(18)4-2-9/h1-4,7,20H,5-6,8H2,(H,19,21). The van der Waals surface area contributed by atoms with Crippen LogP contribution in [0.15, 0.2) is 30.3 Å². The number of benzene rings is 1. The van der Waals surface area contributed by atoms with Gasteiger partial charge in [0.05, 0.1) is 5.02 Å². The first kappa shape index (κ1) is 14.4. The van der Waals surface area contributed by atoms with Gasteiger partial charge in [-0.2, -0.15) is 0 Å². The molecule has 1 aromatic heterocycles. The second-order valence-electron chi connectivity index (χ2n) is 5.31. The van der Waals surface area contributed by atoms with Gasteiger partial charge in [-0.25, -0.2) is 4.39 Å². The first-order valence-corrected chi connectivity index (χ1v) is 7.34. The van der Waals surface area contributed by atoms with Gasteiger partial charge >= 0.3 is 0 Å². The molecular weight excluding hydrogens is 314 g/mol. The van der Waals surface area contributed by atoms with Crippen molar-refractivity contribution < 1.29 is 9.18 Å². The molecule has 3 nitrogen and oxygen atoms in total. The molecule has 2 aromatic rings. The molecule has 0 spiro atoms. The smallest absolute Gasteiger partial charge is 0.267 e. The molecule has 2 N–H and O–H groups in total. The number of carbonyl (C=O) groups excluding carboxylic acids is 1. The molecule has 0 bridgehead atoms. The van der Waals surface area contributed by atoms with E-state index < -0.39 is 0 Å². The lowest BCUT2D eigenvalue weighted by Crippen LogP contribution is -2.32. The van der Waals surface area contributed by atoms with E-state index in [1.54, 1.807) is 12.1 Å². The number of amides is 1. The summed E-state index contributed by atoms with van der Waals surface area (Å²) < 4.78 is 13.0. The van der Waals surface area contributed by atoms with Crippen LogP contribution in [-0.2, 0) is 5.41 Å². The lowest BCUT2D eigenvalue weighted by Gasteiger charge is -2.16. The normalized spacial score (nSPS) is 15.8. The van der Waals surface area contributed by atoms with Crippen LogP contribution < -0.4 is 5.32 Å². The lowest BCUT2D eigenvalue weighted by molar-refractivity contribution is 0.0945. The Kier molecular flexibility index (Phi) is 3.68. The molecule has 0 saturated heterocycles. The average Bonchev–Trinajstić information content (AvgIpc) is 3.18. The van der Waals surface area contributed by atoms with Crippen molar-refractivity contribution in [2.24, 2.45) is 0 Å². The predicted molar refractivity (Wildman–Crippen MR) is 80.5 cm³/mol. The zero-order valence-electron chi connectivity index (χ0n) is 11.1. The predicted octanol–water partition coefficient (Wildman–Crippen LogP) is 3.92. The first-order chi connectivity index (χ1) is 10.00. The Bertz CT molecular complexity index is 658.